The molecule has 4 aromatic rings. The van der Waals surface area contributed by atoms with Gasteiger partial charge < -0.3 is 19.4 Å². The van der Waals surface area contributed by atoms with Gasteiger partial charge in [0.1, 0.15) is 29.1 Å². The van der Waals surface area contributed by atoms with Crippen molar-refractivity contribution < 1.29 is 27.2 Å². The van der Waals surface area contributed by atoms with Crippen LogP contribution in [0.25, 0.3) is 22.4 Å². The van der Waals surface area contributed by atoms with Crippen LogP contribution in [0.15, 0.2) is 41.1 Å². The van der Waals surface area contributed by atoms with Crippen molar-refractivity contribution in [3.63, 3.8) is 0 Å². The van der Waals surface area contributed by atoms with E-state index in [1.54, 1.807) is 17.0 Å². The van der Waals surface area contributed by atoms with Crippen LogP contribution in [0, 0.1) is 17.5 Å². The van der Waals surface area contributed by atoms with E-state index in [4.69, 9.17) is 4.52 Å². The molecule has 5 heterocycles. The average molecular weight is 500 g/mol. The first-order valence-electron chi connectivity index (χ1n) is 11.5. The fourth-order valence-electron chi connectivity index (χ4n) is 4.87. The summed E-state index contributed by atoms with van der Waals surface area (Å²) < 4.78 is 63.2. The van der Waals surface area contributed by atoms with Crippen molar-refractivity contribution in [3.05, 3.63) is 59.5 Å². The Morgan fingerprint density at radius 3 is 2.69 bits per heavy atom. The number of nitrogens with zero attached hydrogens (tertiary/aromatic N) is 6. The van der Waals surface area contributed by atoms with Gasteiger partial charge in [-0.3, -0.25) is 4.98 Å². The van der Waals surface area contributed by atoms with E-state index in [2.05, 4.69) is 20.1 Å². The lowest BCUT2D eigenvalue weighted by Crippen LogP contribution is -2.25. The number of benzene rings is 1. The van der Waals surface area contributed by atoms with Gasteiger partial charge in [0, 0.05) is 25.1 Å². The highest BCUT2D eigenvalue weighted by molar-refractivity contribution is 5.90. The van der Waals surface area contributed by atoms with Gasteiger partial charge in [-0.15, -0.1) is 0 Å². The van der Waals surface area contributed by atoms with Crippen LogP contribution < -0.4 is 9.80 Å². The summed E-state index contributed by atoms with van der Waals surface area (Å²) in [6.45, 7) is 0.740. The molecule has 6 rings (SSSR count). The Balaban J connectivity index is 1.42. The molecule has 2 fully saturated rings. The van der Waals surface area contributed by atoms with E-state index >= 15 is 4.39 Å². The van der Waals surface area contributed by atoms with Crippen molar-refractivity contribution in [1.82, 2.24) is 20.1 Å². The molecule has 12 heteroatoms. The number of aromatic nitrogens is 4. The number of halogens is 4. The van der Waals surface area contributed by atoms with Gasteiger partial charge in [0.2, 0.25) is 5.82 Å². The average Bonchev–Trinajstić information content (AvgIpc) is 3.60. The van der Waals surface area contributed by atoms with Crippen LogP contribution >= 0.6 is 0 Å². The monoisotopic (exact) mass is 500 g/mol. The number of anilines is 2. The minimum absolute atomic E-state index is 0.0187. The number of hydrogen-bond donors (Lipinski definition) is 1. The summed E-state index contributed by atoms with van der Waals surface area (Å²) in [6.07, 6.45) is -0.292. The summed E-state index contributed by atoms with van der Waals surface area (Å²) in [5, 5.41) is 13.7. The lowest BCUT2D eigenvalue weighted by Gasteiger charge is -2.26. The lowest BCUT2D eigenvalue weighted by molar-refractivity contribution is 0.197. The summed E-state index contributed by atoms with van der Waals surface area (Å²) >= 11 is 0. The molecule has 2 saturated heterocycles. The molecule has 0 spiro atoms. The van der Waals surface area contributed by atoms with Crippen LogP contribution in [0.5, 0.6) is 0 Å². The Labute approximate surface area is 202 Å². The van der Waals surface area contributed by atoms with E-state index in [1.807, 2.05) is 0 Å². The standard InChI is InChI=1S/C24H20F4N6O2/c25-12-1-2-16(27)15(7-12)19-8-13(26)10-34(19)20-4-3-18-22(30-20)21(17(28)9-29-18)23-31-24(36-32-23)33-6-5-14(35)11-33/h1-4,7,9,13-14,19,35H,5-6,8,10-11H2/t13-,14-,19+/m0/s1. The zero-order valence-corrected chi connectivity index (χ0v) is 18.8. The van der Waals surface area contributed by atoms with Crippen LogP contribution in [0.2, 0.25) is 0 Å². The summed E-state index contributed by atoms with van der Waals surface area (Å²) in [7, 11) is 0. The van der Waals surface area contributed by atoms with Crippen molar-refractivity contribution in [2.24, 2.45) is 0 Å². The third kappa shape index (κ3) is 3.91. The Morgan fingerprint density at radius 2 is 1.89 bits per heavy atom. The number of pyridine rings is 2. The number of β-amino-alcohol motifs (C(OH)–C–C–N with tert-alkyl or cyclic N) is 1. The fraction of sp³-hybridized carbons (Fsp3) is 0.333. The van der Waals surface area contributed by atoms with Crippen molar-refractivity contribution in [2.75, 3.05) is 29.4 Å². The molecule has 1 aromatic carbocycles. The fourth-order valence-corrected chi connectivity index (χ4v) is 4.87. The van der Waals surface area contributed by atoms with Crippen molar-refractivity contribution >= 4 is 22.9 Å². The molecule has 0 saturated carbocycles. The minimum Gasteiger partial charge on any atom is -0.391 e. The second-order valence-corrected chi connectivity index (χ2v) is 8.97. The van der Waals surface area contributed by atoms with E-state index in [0.717, 1.165) is 24.4 Å². The van der Waals surface area contributed by atoms with Gasteiger partial charge in [-0.1, -0.05) is 5.16 Å². The molecule has 0 bridgehead atoms. The van der Waals surface area contributed by atoms with Crippen molar-refractivity contribution in [3.8, 4) is 11.4 Å². The lowest BCUT2D eigenvalue weighted by atomic mass is 10.0. The Bertz CT molecular complexity index is 1450. The molecule has 3 aromatic heterocycles. The maximum atomic E-state index is 15.0. The molecule has 0 aliphatic carbocycles. The van der Waals surface area contributed by atoms with Gasteiger partial charge in [-0.25, -0.2) is 22.5 Å². The van der Waals surface area contributed by atoms with Crippen LogP contribution in [0.3, 0.4) is 0 Å². The Kier molecular flexibility index (Phi) is 5.47. The van der Waals surface area contributed by atoms with E-state index in [9.17, 15) is 18.3 Å². The van der Waals surface area contributed by atoms with Gasteiger partial charge in [0.25, 0.3) is 0 Å². The number of hydrogen-bond acceptors (Lipinski definition) is 8. The van der Waals surface area contributed by atoms with Gasteiger partial charge in [-0.05, 0) is 36.8 Å². The molecule has 2 aliphatic heterocycles. The third-order valence-electron chi connectivity index (χ3n) is 6.59. The van der Waals surface area contributed by atoms with Crippen LogP contribution in [-0.2, 0) is 0 Å². The highest BCUT2D eigenvalue weighted by Crippen LogP contribution is 2.39. The van der Waals surface area contributed by atoms with Crippen LogP contribution in [0.1, 0.15) is 24.4 Å². The molecule has 2 aliphatic rings. The predicted octanol–water partition coefficient (Wildman–Crippen LogP) is 3.96. The number of fused-ring (bicyclic) bond motifs is 1. The smallest absolute Gasteiger partial charge is 0.324 e. The molecule has 3 atom stereocenters. The molecular formula is C24H20F4N6O2. The maximum Gasteiger partial charge on any atom is 0.324 e. The SMILES string of the molecule is O[C@H]1CCN(c2nc(-c3c(F)cnc4ccc(N5C[C@@H](F)C[C@@H]5c5cc(F)ccc5F)nc34)no2)C1. The number of aliphatic hydroxyl groups excluding tert-OH is 1. The van der Waals surface area contributed by atoms with E-state index in [-0.39, 0.29) is 47.3 Å². The molecule has 0 amide bonds. The Morgan fingerprint density at radius 1 is 1.03 bits per heavy atom. The van der Waals surface area contributed by atoms with E-state index < -0.39 is 35.8 Å². The first kappa shape index (κ1) is 22.7. The van der Waals surface area contributed by atoms with Crippen molar-refractivity contribution in [1.29, 1.82) is 0 Å². The van der Waals surface area contributed by atoms with E-state index in [0.29, 0.717) is 25.0 Å². The summed E-state index contributed by atoms with van der Waals surface area (Å²) in [5.74, 6) is -1.83. The first-order chi connectivity index (χ1) is 17.4. The maximum absolute atomic E-state index is 15.0. The van der Waals surface area contributed by atoms with Crippen LogP contribution in [-0.4, -0.2) is 57.1 Å². The van der Waals surface area contributed by atoms with Crippen LogP contribution in [0.4, 0.5) is 29.4 Å². The van der Waals surface area contributed by atoms with Gasteiger partial charge in [0.15, 0.2) is 5.82 Å². The first-order valence-corrected chi connectivity index (χ1v) is 11.5. The second kappa shape index (κ2) is 8.70. The van der Waals surface area contributed by atoms with Crippen molar-refractivity contribution in [2.45, 2.75) is 31.2 Å². The normalized spacial score (nSPS) is 22.2. The topological polar surface area (TPSA) is 91.4 Å². The predicted molar refractivity (Wildman–Crippen MR) is 122 cm³/mol. The molecule has 1 N–H and O–H groups in total. The summed E-state index contributed by atoms with van der Waals surface area (Å²) in [4.78, 5) is 16.1. The molecule has 36 heavy (non-hydrogen) atoms. The highest BCUT2D eigenvalue weighted by Gasteiger charge is 2.36. The van der Waals surface area contributed by atoms with Gasteiger partial charge in [0.05, 0.1) is 36.0 Å². The number of aliphatic hydroxyl groups is 1. The van der Waals surface area contributed by atoms with Gasteiger partial charge in [-0.2, -0.15) is 4.98 Å². The highest BCUT2D eigenvalue weighted by atomic mass is 19.1. The van der Waals surface area contributed by atoms with E-state index in [1.165, 1.54) is 4.90 Å². The largest absolute Gasteiger partial charge is 0.391 e. The van der Waals surface area contributed by atoms with Gasteiger partial charge >= 0.3 is 6.01 Å². The number of rotatable bonds is 4. The molecule has 186 valence electrons. The Hall–Kier alpha value is -3.80. The minimum atomic E-state index is -1.30. The molecule has 8 nitrogen and oxygen atoms in total. The molecule has 0 unspecified atom stereocenters. The zero-order valence-electron chi connectivity index (χ0n) is 18.8. The third-order valence-corrected chi connectivity index (χ3v) is 6.59. The zero-order chi connectivity index (χ0) is 25.0. The number of alkyl halides is 1. The summed E-state index contributed by atoms with van der Waals surface area (Å²) in [5.41, 5.74) is 0.413. The summed E-state index contributed by atoms with van der Waals surface area (Å²) in [6, 6.07) is 5.56. The quantitative estimate of drug-likeness (QED) is 0.421. The molecule has 0 radical (unpaired) electrons. The second-order valence-electron chi connectivity index (χ2n) is 8.97. The molecular weight excluding hydrogens is 480 g/mol.